The van der Waals surface area contributed by atoms with Crippen LogP contribution in [0.5, 0.6) is 0 Å². The second-order valence-electron chi connectivity index (χ2n) is 7.24. The first kappa shape index (κ1) is 22.1. The molecule has 0 bridgehead atoms. The first-order valence-corrected chi connectivity index (χ1v) is 10.9. The zero-order chi connectivity index (χ0) is 23.6. The number of aromatic nitrogens is 5. The summed E-state index contributed by atoms with van der Waals surface area (Å²) < 4.78 is 95.8. The average molecular weight is 473 g/mol. The lowest BCUT2D eigenvalue weighted by Gasteiger charge is -2.09. The molecule has 7 nitrogen and oxygen atoms in total. The number of benzene rings is 1. The number of rotatable bonds is 4. The molecule has 0 aliphatic carbocycles. The lowest BCUT2D eigenvalue weighted by Crippen LogP contribution is -2.10. The summed E-state index contributed by atoms with van der Waals surface area (Å²) >= 11 is 0. The van der Waals surface area contributed by atoms with Crippen molar-refractivity contribution in [2.45, 2.75) is 31.0 Å². The Balaban J connectivity index is 2.08. The van der Waals surface area contributed by atoms with E-state index in [1.807, 2.05) is 0 Å². The second kappa shape index (κ2) is 6.95. The predicted octanol–water partition coefficient (Wildman–Crippen LogP) is 4.23. The molecule has 32 heavy (non-hydrogen) atoms. The maximum Gasteiger partial charge on any atom is 0.417 e. The molecule has 170 valence electrons. The number of alkyl halides is 5. The molecule has 4 aromatic rings. The van der Waals surface area contributed by atoms with Crippen LogP contribution in [0.3, 0.4) is 0 Å². The maximum absolute atomic E-state index is 13.7. The van der Waals surface area contributed by atoms with Gasteiger partial charge in [-0.05, 0) is 18.2 Å². The van der Waals surface area contributed by atoms with Crippen LogP contribution in [0.4, 0.5) is 22.0 Å². The van der Waals surface area contributed by atoms with E-state index in [9.17, 15) is 30.4 Å². The van der Waals surface area contributed by atoms with Crippen molar-refractivity contribution >= 4 is 31.9 Å². The summed E-state index contributed by atoms with van der Waals surface area (Å²) in [5.74, 6) is -3.73. The first-order valence-electron chi connectivity index (χ1n) is 9.28. The highest BCUT2D eigenvalue weighted by Crippen LogP contribution is 2.39. The summed E-state index contributed by atoms with van der Waals surface area (Å²) in [5.41, 5.74) is -1.47. The second-order valence-corrected chi connectivity index (χ2v) is 9.44. The van der Waals surface area contributed by atoms with Crippen molar-refractivity contribution in [1.82, 2.24) is 24.3 Å². The van der Waals surface area contributed by atoms with Crippen molar-refractivity contribution in [1.29, 1.82) is 0 Å². The largest absolute Gasteiger partial charge is 0.417 e. The van der Waals surface area contributed by atoms with E-state index in [4.69, 9.17) is 0 Å². The van der Waals surface area contributed by atoms with Crippen LogP contribution in [-0.4, -0.2) is 38.5 Å². The third-order valence-electron chi connectivity index (χ3n) is 5.04. The molecule has 1 aromatic carbocycles. The van der Waals surface area contributed by atoms with Crippen LogP contribution in [0.2, 0.25) is 0 Å². The third-order valence-corrected chi connectivity index (χ3v) is 6.67. The molecule has 0 saturated carbocycles. The number of hydrogen-bond acceptors (Lipinski definition) is 5. The topological polar surface area (TPSA) is 82.7 Å². The van der Waals surface area contributed by atoms with Gasteiger partial charge in [-0.15, -0.1) is 0 Å². The van der Waals surface area contributed by atoms with Crippen molar-refractivity contribution in [2.75, 3.05) is 5.75 Å². The molecule has 0 aliphatic heterocycles. The van der Waals surface area contributed by atoms with Gasteiger partial charge in [0.1, 0.15) is 5.52 Å². The molecule has 0 aliphatic rings. The SMILES string of the molecule is CCS(=O)(=O)c1nn(-c2nc3cc(C(C)(F)F)cnc3n2C)c2cccc(C(F)(F)F)c12. The van der Waals surface area contributed by atoms with Gasteiger partial charge in [0.2, 0.25) is 5.95 Å². The molecule has 4 rings (SSSR count). The van der Waals surface area contributed by atoms with E-state index in [0.717, 1.165) is 29.1 Å². The molecular formula is C19H16F5N5O2S. The quantitative estimate of drug-likeness (QED) is 0.415. The summed E-state index contributed by atoms with van der Waals surface area (Å²) in [7, 11) is -2.68. The molecule has 0 N–H and O–H groups in total. The minimum Gasteiger partial charge on any atom is -0.296 e. The summed E-state index contributed by atoms with van der Waals surface area (Å²) in [5, 5.41) is 2.66. The fraction of sp³-hybridized carbons (Fsp3) is 0.316. The maximum atomic E-state index is 13.7. The number of hydrogen-bond donors (Lipinski definition) is 0. The van der Waals surface area contributed by atoms with Crippen LogP contribution < -0.4 is 0 Å². The van der Waals surface area contributed by atoms with Crippen molar-refractivity contribution in [3.8, 4) is 5.95 Å². The Morgan fingerprint density at radius 3 is 2.41 bits per heavy atom. The molecule has 3 heterocycles. The van der Waals surface area contributed by atoms with Crippen molar-refractivity contribution in [3.63, 3.8) is 0 Å². The highest BCUT2D eigenvalue weighted by atomic mass is 32.2. The number of imidazole rings is 1. The first-order chi connectivity index (χ1) is 14.8. The van der Waals surface area contributed by atoms with Crippen LogP contribution in [0, 0.1) is 0 Å². The molecular weight excluding hydrogens is 457 g/mol. The van der Waals surface area contributed by atoms with Gasteiger partial charge in [-0.25, -0.2) is 27.2 Å². The van der Waals surface area contributed by atoms with Gasteiger partial charge in [0.05, 0.1) is 22.2 Å². The van der Waals surface area contributed by atoms with E-state index in [1.54, 1.807) is 0 Å². The number of sulfone groups is 1. The van der Waals surface area contributed by atoms with E-state index < -0.39 is 49.2 Å². The van der Waals surface area contributed by atoms with Crippen LogP contribution >= 0.6 is 0 Å². The van der Waals surface area contributed by atoms with Crippen LogP contribution in [0.25, 0.3) is 28.0 Å². The van der Waals surface area contributed by atoms with Crippen LogP contribution in [-0.2, 0) is 29.0 Å². The van der Waals surface area contributed by atoms with Gasteiger partial charge >= 0.3 is 6.18 Å². The Hall–Kier alpha value is -3.09. The molecule has 0 unspecified atom stereocenters. The summed E-state index contributed by atoms with van der Waals surface area (Å²) in [4.78, 5) is 8.19. The monoisotopic (exact) mass is 473 g/mol. The van der Waals surface area contributed by atoms with E-state index in [2.05, 4.69) is 15.1 Å². The normalized spacial score (nSPS) is 13.4. The van der Waals surface area contributed by atoms with Gasteiger partial charge in [0.15, 0.2) is 20.5 Å². The average Bonchev–Trinajstić information content (AvgIpc) is 3.24. The van der Waals surface area contributed by atoms with Gasteiger partial charge < -0.3 is 0 Å². The molecule has 0 fully saturated rings. The lowest BCUT2D eigenvalue weighted by molar-refractivity contribution is -0.136. The molecule has 0 saturated heterocycles. The number of pyridine rings is 1. The molecule has 0 spiro atoms. The van der Waals surface area contributed by atoms with E-state index in [-0.39, 0.29) is 22.6 Å². The third kappa shape index (κ3) is 3.40. The summed E-state index contributed by atoms with van der Waals surface area (Å²) in [6, 6.07) is 4.30. The van der Waals surface area contributed by atoms with Crippen molar-refractivity contribution < 1.29 is 30.4 Å². The fourth-order valence-corrected chi connectivity index (χ4v) is 4.38. The molecule has 3 aromatic heterocycles. The van der Waals surface area contributed by atoms with Gasteiger partial charge in [0.25, 0.3) is 5.92 Å². The Kier molecular flexibility index (Phi) is 4.81. The Bertz CT molecular complexity index is 1470. The molecule has 0 radical (unpaired) electrons. The highest BCUT2D eigenvalue weighted by molar-refractivity contribution is 7.91. The number of nitrogens with zero attached hydrogens (tertiary/aromatic N) is 5. The number of fused-ring (bicyclic) bond motifs is 2. The fourth-order valence-electron chi connectivity index (χ4n) is 3.37. The van der Waals surface area contributed by atoms with Gasteiger partial charge in [0, 0.05) is 25.7 Å². The minimum atomic E-state index is -4.83. The smallest absolute Gasteiger partial charge is 0.296 e. The Labute approximate surface area is 178 Å². The zero-order valence-electron chi connectivity index (χ0n) is 16.9. The van der Waals surface area contributed by atoms with E-state index in [0.29, 0.717) is 6.92 Å². The zero-order valence-corrected chi connectivity index (χ0v) is 17.8. The molecule has 13 heteroatoms. The molecule has 0 atom stereocenters. The van der Waals surface area contributed by atoms with Gasteiger partial charge in [-0.1, -0.05) is 13.0 Å². The Morgan fingerprint density at radius 1 is 1.12 bits per heavy atom. The number of halogens is 5. The number of aryl methyl sites for hydroxylation is 1. The Morgan fingerprint density at radius 2 is 1.81 bits per heavy atom. The van der Waals surface area contributed by atoms with Gasteiger partial charge in [-0.2, -0.15) is 23.0 Å². The van der Waals surface area contributed by atoms with Crippen LogP contribution in [0.1, 0.15) is 25.0 Å². The molecule has 0 amide bonds. The van der Waals surface area contributed by atoms with Crippen LogP contribution in [0.15, 0.2) is 35.5 Å². The van der Waals surface area contributed by atoms with E-state index >= 15 is 0 Å². The van der Waals surface area contributed by atoms with E-state index in [1.165, 1.54) is 24.6 Å². The van der Waals surface area contributed by atoms with Gasteiger partial charge in [-0.3, -0.25) is 4.57 Å². The highest BCUT2D eigenvalue weighted by Gasteiger charge is 2.37. The minimum absolute atomic E-state index is 0.0528. The summed E-state index contributed by atoms with van der Waals surface area (Å²) in [6.07, 6.45) is -3.86. The predicted molar refractivity (Wildman–Crippen MR) is 105 cm³/mol. The van der Waals surface area contributed by atoms with Crippen molar-refractivity contribution in [2.24, 2.45) is 7.05 Å². The standard InChI is InChI=1S/C19H16F5N5O2S/c1-4-32(30,31)16-14-11(19(22,23)24)6-5-7-13(14)29(27-16)17-26-12-8-10(18(2,20)21)9-25-15(12)28(17)3/h5-9H,4H2,1-3H3. The lowest BCUT2D eigenvalue weighted by atomic mass is 10.1. The van der Waals surface area contributed by atoms with Crippen molar-refractivity contribution in [3.05, 3.63) is 41.6 Å². The summed E-state index contributed by atoms with van der Waals surface area (Å²) in [6.45, 7) is 1.99.